The SMILES string of the molecule is Cc1ccc(N(CC(C)C)CC(C)C)c(C(=N)N)c1. The number of rotatable bonds is 6. The minimum Gasteiger partial charge on any atom is -0.384 e. The number of nitrogens with two attached hydrogens (primary N) is 1. The van der Waals surface area contributed by atoms with Crippen molar-refractivity contribution in [3.05, 3.63) is 29.3 Å². The van der Waals surface area contributed by atoms with Crippen LogP contribution in [0.15, 0.2) is 18.2 Å². The van der Waals surface area contributed by atoms with E-state index in [4.69, 9.17) is 11.1 Å². The standard InChI is InChI=1S/C16H27N3/c1-11(2)9-19(10-12(3)4)15-7-6-13(5)8-14(15)16(17)18/h6-8,11-12H,9-10H2,1-5H3,(H3,17,18). The molecule has 1 aromatic rings. The molecular formula is C16H27N3. The molecule has 0 spiro atoms. The highest BCUT2D eigenvalue weighted by atomic mass is 15.1. The molecule has 0 saturated carbocycles. The lowest BCUT2D eigenvalue weighted by atomic mass is 10.0. The Morgan fingerprint density at radius 1 is 1.16 bits per heavy atom. The van der Waals surface area contributed by atoms with Crippen LogP contribution < -0.4 is 10.6 Å². The molecule has 0 aliphatic rings. The molecule has 0 bridgehead atoms. The van der Waals surface area contributed by atoms with E-state index in [0.29, 0.717) is 11.8 Å². The van der Waals surface area contributed by atoms with Crippen molar-refractivity contribution < 1.29 is 0 Å². The van der Waals surface area contributed by atoms with Crippen LogP contribution in [0.3, 0.4) is 0 Å². The Labute approximate surface area is 117 Å². The molecule has 0 unspecified atom stereocenters. The van der Waals surface area contributed by atoms with Gasteiger partial charge >= 0.3 is 0 Å². The van der Waals surface area contributed by atoms with Crippen LogP contribution in [0, 0.1) is 24.2 Å². The van der Waals surface area contributed by atoms with E-state index in [9.17, 15) is 0 Å². The fourth-order valence-electron chi connectivity index (χ4n) is 2.29. The lowest BCUT2D eigenvalue weighted by Crippen LogP contribution is -2.33. The first-order valence-corrected chi connectivity index (χ1v) is 7.01. The number of amidine groups is 1. The van der Waals surface area contributed by atoms with Crippen LogP contribution in [-0.2, 0) is 0 Å². The molecule has 106 valence electrons. The molecule has 0 aromatic heterocycles. The van der Waals surface area contributed by atoms with Gasteiger partial charge in [0.25, 0.3) is 0 Å². The summed E-state index contributed by atoms with van der Waals surface area (Å²) in [4.78, 5) is 2.35. The normalized spacial score (nSPS) is 11.1. The number of nitrogen functional groups attached to an aromatic ring is 1. The van der Waals surface area contributed by atoms with Crippen LogP contribution in [0.4, 0.5) is 5.69 Å². The van der Waals surface area contributed by atoms with Gasteiger partial charge in [0.15, 0.2) is 0 Å². The summed E-state index contributed by atoms with van der Waals surface area (Å²) in [6.45, 7) is 12.9. The van der Waals surface area contributed by atoms with Crippen LogP contribution in [0.5, 0.6) is 0 Å². The van der Waals surface area contributed by atoms with E-state index in [1.54, 1.807) is 0 Å². The summed E-state index contributed by atoms with van der Waals surface area (Å²) in [7, 11) is 0. The third kappa shape index (κ3) is 4.58. The van der Waals surface area contributed by atoms with E-state index in [0.717, 1.165) is 29.9 Å². The Morgan fingerprint density at radius 2 is 1.68 bits per heavy atom. The van der Waals surface area contributed by atoms with Crippen molar-refractivity contribution in [3.8, 4) is 0 Å². The van der Waals surface area contributed by atoms with E-state index < -0.39 is 0 Å². The second-order valence-electron chi connectivity index (χ2n) is 6.13. The van der Waals surface area contributed by atoms with Gasteiger partial charge in [-0.2, -0.15) is 0 Å². The average Bonchev–Trinajstić information content (AvgIpc) is 2.26. The predicted octanol–water partition coefficient (Wildman–Crippen LogP) is 3.40. The lowest BCUT2D eigenvalue weighted by molar-refractivity contribution is 0.552. The topological polar surface area (TPSA) is 53.1 Å². The molecule has 0 aliphatic heterocycles. The van der Waals surface area contributed by atoms with Gasteiger partial charge in [-0.05, 0) is 30.9 Å². The molecule has 0 aliphatic carbocycles. The predicted molar refractivity (Wildman–Crippen MR) is 84.1 cm³/mol. The van der Waals surface area contributed by atoms with E-state index in [1.165, 1.54) is 0 Å². The lowest BCUT2D eigenvalue weighted by Gasteiger charge is -2.30. The van der Waals surface area contributed by atoms with Gasteiger partial charge in [0.1, 0.15) is 5.84 Å². The van der Waals surface area contributed by atoms with Crippen LogP contribution in [0.2, 0.25) is 0 Å². The Hall–Kier alpha value is -1.51. The molecular weight excluding hydrogens is 234 g/mol. The van der Waals surface area contributed by atoms with Crippen molar-refractivity contribution in [2.45, 2.75) is 34.6 Å². The third-order valence-corrected chi connectivity index (χ3v) is 2.95. The first-order valence-electron chi connectivity index (χ1n) is 7.01. The maximum Gasteiger partial charge on any atom is 0.124 e. The van der Waals surface area contributed by atoms with Crippen molar-refractivity contribution >= 4 is 11.5 Å². The van der Waals surface area contributed by atoms with Gasteiger partial charge in [0.05, 0.1) is 0 Å². The summed E-state index contributed by atoms with van der Waals surface area (Å²) in [5.74, 6) is 1.32. The van der Waals surface area contributed by atoms with Crippen molar-refractivity contribution in [2.75, 3.05) is 18.0 Å². The minimum atomic E-state index is 0.149. The molecule has 1 aromatic carbocycles. The number of benzene rings is 1. The van der Waals surface area contributed by atoms with Crippen LogP contribution >= 0.6 is 0 Å². The monoisotopic (exact) mass is 261 g/mol. The smallest absolute Gasteiger partial charge is 0.124 e. The Kier molecular flexibility index (Phi) is 5.40. The highest BCUT2D eigenvalue weighted by molar-refractivity contribution is 6.00. The maximum absolute atomic E-state index is 7.78. The summed E-state index contributed by atoms with van der Waals surface area (Å²) in [6.07, 6.45) is 0. The first-order chi connectivity index (χ1) is 8.81. The second kappa shape index (κ2) is 6.60. The van der Waals surface area contributed by atoms with E-state index in [2.05, 4.69) is 44.7 Å². The van der Waals surface area contributed by atoms with Gasteiger partial charge in [0.2, 0.25) is 0 Å². The van der Waals surface area contributed by atoms with Crippen molar-refractivity contribution in [1.82, 2.24) is 0 Å². The van der Waals surface area contributed by atoms with Gasteiger partial charge in [-0.3, -0.25) is 5.41 Å². The van der Waals surface area contributed by atoms with E-state index >= 15 is 0 Å². The van der Waals surface area contributed by atoms with Crippen molar-refractivity contribution in [1.29, 1.82) is 5.41 Å². The summed E-state index contributed by atoms with van der Waals surface area (Å²) in [6, 6.07) is 6.19. The van der Waals surface area contributed by atoms with E-state index in [1.807, 2.05) is 13.0 Å². The molecule has 0 radical (unpaired) electrons. The molecule has 0 heterocycles. The van der Waals surface area contributed by atoms with Gasteiger partial charge < -0.3 is 10.6 Å². The Bertz CT molecular complexity index is 426. The highest BCUT2D eigenvalue weighted by Crippen LogP contribution is 2.23. The zero-order valence-electron chi connectivity index (χ0n) is 12.8. The van der Waals surface area contributed by atoms with Crippen LogP contribution in [-0.4, -0.2) is 18.9 Å². The maximum atomic E-state index is 7.78. The zero-order valence-corrected chi connectivity index (χ0v) is 12.8. The first kappa shape index (κ1) is 15.5. The number of anilines is 1. The van der Waals surface area contributed by atoms with Crippen LogP contribution in [0.25, 0.3) is 0 Å². The summed E-state index contributed by atoms with van der Waals surface area (Å²) in [5, 5.41) is 7.78. The Morgan fingerprint density at radius 3 is 2.11 bits per heavy atom. The number of aryl methyl sites for hydroxylation is 1. The number of nitrogens with zero attached hydrogens (tertiary/aromatic N) is 1. The number of hydrogen-bond acceptors (Lipinski definition) is 2. The number of nitrogens with one attached hydrogen (secondary N) is 1. The Balaban J connectivity index is 3.16. The molecule has 0 fully saturated rings. The minimum absolute atomic E-state index is 0.149. The molecule has 19 heavy (non-hydrogen) atoms. The summed E-state index contributed by atoms with van der Waals surface area (Å²) >= 11 is 0. The fourth-order valence-corrected chi connectivity index (χ4v) is 2.29. The van der Waals surface area contributed by atoms with Gasteiger partial charge in [-0.15, -0.1) is 0 Å². The molecule has 3 heteroatoms. The molecule has 0 amide bonds. The zero-order chi connectivity index (χ0) is 14.6. The molecule has 1 rings (SSSR count). The fraction of sp³-hybridized carbons (Fsp3) is 0.562. The average molecular weight is 261 g/mol. The van der Waals surface area contributed by atoms with Crippen molar-refractivity contribution in [2.24, 2.45) is 17.6 Å². The van der Waals surface area contributed by atoms with Crippen LogP contribution in [0.1, 0.15) is 38.8 Å². The second-order valence-corrected chi connectivity index (χ2v) is 6.13. The molecule has 3 nitrogen and oxygen atoms in total. The van der Waals surface area contributed by atoms with Gasteiger partial charge in [-0.1, -0.05) is 39.3 Å². The summed E-state index contributed by atoms with van der Waals surface area (Å²) < 4.78 is 0. The molecule has 0 saturated heterocycles. The van der Waals surface area contributed by atoms with Gasteiger partial charge in [-0.25, -0.2) is 0 Å². The van der Waals surface area contributed by atoms with Crippen molar-refractivity contribution in [3.63, 3.8) is 0 Å². The quantitative estimate of drug-likeness (QED) is 0.609. The van der Waals surface area contributed by atoms with Gasteiger partial charge in [0, 0.05) is 24.3 Å². The molecule has 3 N–H and O–H groups in total. The largest absolute Gasteiger partial charge is 0.384 e. The third-order valence-electron chi connectivity index (χ3n) is 2.95. The number of hydrogen-bond donors (Lipinski definition) is 2. The molecule has 0 atom stereocenters. The summed E-state index contributed by atoms with van der Waals surface area (Å²) in [5.41, 5.74) is 8.81. The highest BCUT2D eigenvalue weighted by Gasteiger charge is 2.15. The van der Waals surface area contributed by atoms with E-state index in [-0.39, 0.29) is 5.84 Å².